The smallest absolute Gasteiger partial charge is 0.244 e. The second-order valence-corrected chi connectivity index (χ2v) is 7.73. The number of hydrogen-bond donors (Lipinski definition) is 2. The Morgan fingerprint density at radius 1 is 1.19 bits per heavy atom. The zero-order valence-electron chi connectivity index (χ0n) is 11.5. The van der Waals surface area contributed by atoms with Crippen molar-refractivity contribution in [3.63, 3.8) is 0 Å². The first-order chi connectivity index (χ1) is 9.95. The van der Waals surface area contributed by atoms with E-state index in [2.05, 4.69) is 15.9 Å². The molecule has 1 saturated heterocycles. The van der Waals surface area contributed by atoms with Crippen molar-refractivity contribution in [3.8, 4) is 0 Å². The largest absolute Gasteiger partial charge is 0.394 e. The van der Waals surface area contributed by atoms with Crippen LogP contribution in [0, 0.1) is 0 Å². The van der Waals surface area contributed by atoms with E-state index in [1.807, 2.05) is 4.90 Å². The number of halogens is 1. The van der Waals surface area contributed by atoms with E-state index < -0.39 is 16.1 Å². The van der Waals surface area contributed by atoms with Gasteiger partial charge in [0.05, 0.1) is 17.6 Å². The number of rotatable bonds is 5. The molecule has 2 rings (SSSR count). The van der Waals surface area contributed by atoms with Gasteiger partial charge in [-0.1, -0.05) is 12.1 Å². The fourth-order valence-corrected chi connectivity index (χ4v) is 4.69. The third-order valence-electron chi connectivity index (χ3n) is 3.47. The number of hydrogen-bond acceptors (Lipinski definition) is 5. The minimum absolute atomic E-state index is 0.272. The van der Waals surface area contributed by atoms with Crippen LogP contribution in [0.1, 0.15) is 0 Å². The topological polar surface area (TPSA) is 81.1 Å². The summed E-state index contributed by atoms with van der Waals surface area (Å²) in [6, 6.07) is 6.77. The molecular weight excluding hydrogens is 360 g/mol. The van der Waals surface area contributed by atoms with E-state index in [4.69, 9.17) is 5.11 Å². The molecule has 1 aromatic carbocycles. The summed E-state index contributed by atoms with van der Waals surface area (Å²) in [5, 5.41) is 18.3. The lowest BCUT2D eigenvalue weighted by Gasteiger charge is -2.34. The van der Waals surface area contributed by atoms with Gasteiger partial charge in [-0.05, 0) is 28.1 Å². The van der Waals surface area contributed by atoms with Crippen molar-refractivity contribution in [1.29, 1.82) is 0 Å². The van der Waals surface area contributed by atoms with Crippen molar-refractivity contribution in [2.24, 2.45) is 0 Å². The molecule has 21 heavy (non-hydrogen) atoms. The average Bonchev–Trinajstić information content (AvgIpc) is 2.48. The van der Waals surface area contributed by atoms with Crippen LogP contribution in [0.15, 0.2) is 33.6 Å². The van der Waals surface area contributed by atoms with Crippen LogP contribution < -0.4 is 0 Å². The molecule has 0 saturated carbocycles. The SMILES string of the molecule is O=S(=O)(c1ccccc1Br)N1CCN(C[C@H](O)CO)CC1. The fourth-order valence-electron chi connectivity index (χ4n) is 2.30. The van der Waals surface area contributed by atoms with Crippen molar-refractivity contribution in [2.75, 3.05) is 39.3 Å². The minimum atomic E-state index is -3.50. The van der Waals surface area contributed by atoms with Gasteiger partial charge in [-0.3, -0.25) is 4.90 Å². The Hall–Kier alpha value is -0.510. The standard InChI is InChI=1S/C13H19BrN2O4S/c14-12-3-1-2-4-13(12)21(19,20)16-7-5-15(6-8-16)9-11(18)10-17/h1-4,11,17-18H,5-10H2/t11-/m0/s1. The highest BCUT2D eigenvalue weighted by molar-refractivity contribution is 9.10. The van der Waals surface area contributed by atoms with Crippen molar-refractivity contribution in [1.82, 2.24) is 9.21 Å². The van der Waals surface area contributed by atoms with E-state index in [0.29, 0.717) is 37.2 Å². The lowest BCUT2D eigenvalue weighted by atomic mass is 10.3. The molecular formula is C13H19BrN2O4S. The summed E-state index contributed by atoms with van der Waals surface area (Å²) in [5.74, 6) is 0. The second-order valence-electron chi connectivity index (χ2n) is 4.97. The van der Waals surface area contributed by atoms with E-state index in [1.165, 1.54) is 4.31 Å². The predicted octanol–water partition coefficient (Wildman–Crippen LogP) is 0.109. The van der Waals surface area contributed by atoms with Crippen molar-refractivity contribution in [3.05, 3.63) is 28.7 Å². The summed E-state index contributed by atoms with van der Waals surface area (Å²) in [7, 11) is -3.50. The van der Waals surface area contributed by atoms with Crippen LogP contribution in [0.25, 0.3) is 0 Å². The van der Waals surface area contributed by atoms with E-state index in [-0.39, 0.29) is 11.5 Å². The first-order valence-corrected chi connectivity index (χ1v) is 8.94. The summed E-state index contributed by atoms with van der Waals surface area (Å²) < 4.78 is 27.2. The molecule has 0 spiro atoms. The molecule has 1 atom stereocenters. The number of sulfonamides is 1. The van der Waals surface area contributed by atoms with Gasteiger partial charge >= 0.3 is 0 Å². The third-order valence-corrected chi connectivity index (χ3v) is 6.38. The minimum Gasteiger partial charge on any atom is -0.394 e. The van der Waals surface area contributed by atoms with Crippen LogP contribution in [-0.4, -0.2) is 73.3 Å². The number of nitrogens with zero attached hydrogens (tertiary/aromatic N) is 2. The zero-order chi connectivity index (χ0) is 15.5. The van der Waals surface area contributed by atoms with Crippen LogP contribution in [-0.2, 0) is 10.0 Å². The van der Waals surface area contributed by atoms with Gasteiger partial charge < -0.3 is 10.2 Å². The second kappa shape index (κ2) is 7.17. The third kappa shape index (κ3) is 4.02. The van der Waals surface area contributed by atoms with Gasteiger partial charge in [0, 0.05) is 37.2 Å². The maximum absolute atomic E-state index is 12.6. The Labute approximate surface area is 133 Å². The number of piperazine rings is 1. The Kier molecular flexibility index (Phi) is 5.75. The molecule has 0 radical (unpaired) electrons. The van der Waals surface area contributed by atoms with Crippen molar-refractivity contribution >= 4 is 26.0 Å². The number of aliphatic hydroxyl groups excluding tert-OH is 2. The number of benzene rings is 1. The first kappa shape index (κ1) is 16.9. The molecule has 0 unspecified atom stereocenters. The summed E-state index contributed by atoms with van der Waals surface area (Å²) in [5.41, 5.74) is 0. The fraction of sp³-hybridized carbons (Fsp3) is 0.538. The normalized spacial score (nSPS) is 19.6. The van der Waals surface area contributed by atoms with Gasteiger partial charge in [-0.15, -0.1) is 0 Å². The maximum atomic E-state index is 12.6. The molecule has 0 aliphatic carbocycles. The highest BCUT2D eigenvalue weighted by Gasteiger charge is 2.30. The molecule has 1 aromatic rings. The molecule has 1 aliphatic rings. The molecule has 1 fully saturated rings. The van der Waals surface area contributed by atoms with Gasteiger partial charge in [-0.25, -0.2) is 8.42 Å². The van der Waals surface area contributed by atoms with Crippen molar-refractivity contribution in [2.45, 2.75) is 11.0 Å². The molecule has 6 nitrogen and oxygen atoms in total. The van der Waals surface area contributed by atoms with Gasteiger partial charge in [-0.2, -0.15) is 4.31 Å². The van der Waals surface area contributed by atoms with Crippen molar-refractivity contribution < 1.29 is 18.6 Å². The zero-order valence-corrected chi connectivity index (χ0v) is 13.9. The number of β-amino-alcohol motifs (C(OH)–C–C–N with tert-alkyl or cyclic N) is 1. The lowest BCUT2D eigenvalue weighted by molar-refractivity contribution is 0.0491. The van der Waals surface area contributed by atoms with E-state index >= 15 is 0 Å². The van der Waals surface area contributed by atoms with Gasteiger partial charge in [0.15, 0.2) is 0 Å². The molecule has 8 heteroatoms. The van der Waals surface area contributed by atoms with Crippen LogP contribution in [0.3, 0.4) is 0 Å². The van der Waals surface area contributed by atoms with Crippen LogP contribution in [0.5, 0.6) is 0 Å². The Bertz CT molecular complexity index is 573. The molecule has 0 aromatic heterocycles. The van der Waals surface area contributed by atoms with Gasteiger partial charge in [0.1, 0.15) is 0 Å². The Balaban J connectivity index is 2.03. The van der Waals surface area contributed by atoms with Crippen LogP contribution in [0.2, 0.25) is 0 Å². The molecule has 0 bridgehead atoms. The van der Waals surface area contributed by atoms with Crippen LogP contribution >= 0.6 is 15.9 Å². The predicted molar refractivity (Wildman–Crippen MR) is 82.4 cm³/mol. The summed E-state index contributed by atoms with van der Waals surface area (Å²) in [4.78, 5) is 2.22. The average molecular weight is 379 g/mol. The summed E-state index contributed by atoms with van der Waals surface area (Å²) >= 11 is 3.28. The highest BCUT2D eigenvalue weighted by atomic mass is 79.9. The maximum Gasteiger partial charge on any atom is 0.244 e. The highest BCUT2D eigenvalue weighted by Crippen LogP contribution is 2.25. The quantitative estimate of drug-likeness (QED) is 0.759. The van der Waals surface area contributed by atoms with Crippen LogP contribution in [0.4, 0.5) is 0 Å². The first-order valence-electron chi connectivity index (χ1n) is 6.71. The van der Waals surface area contributed by atoms with E-state index in [0.717, 1.165) is 0 Å². The summed E-state index contributed by atoms with van der Waals surface area (Å²) in [6.07, 6.45) is -0.781. The van der Waals surface area contributed by atoms with Gasteiger partial charge in [0.25, 0.3) is 0 Å². The molecule has 1 aliphatic heterocycles. The molecule has 1 heterocycles. The lowest BCUT2D eigenvalue weighted by Crippen LogP contribution is -2.50. The Morgan fingerprint density at radius 2 is 1.81 bits per heavy atom. The number of aliphatic hydroxyl groups is 2. The van der Waals surface area contributed by atoms with E-state index in [1.54, 1.807) is 24.3 Å². The van der Waals surface area contributed by atoms with Gasteiger partial charge in [0.2, 0.25) is 10.0 Å². The Morgan fingerprint density at radius 3 is 2.38 bits per heavy atom. The molecule has 0 amide bonds. The molecule has 118 valence electrons. The molecule has 2 N–H and O–H groups in total. The van der Waals surface area contributed by atoms with E-state index in [9.17, 15) is 13.5 Å². The summed E-state index contributed by atoms with van der Waals surface area (Å²) in [6.45, 7) is 1.92. The monoisotopic (exact) mass is 378 g/mol.